The maximum absolute atomic E-state index is 9.87. The molecule has 0 heterocycles. The maximum atomic E-state index is 9.87. The molecule has 120 valence electrons. The Kier molecular flexibility index (Phi) is 5.95. The predicted octanol–water partition coefficient (Wildman–Crippen LogP) is 3.87. The molecule has 0 bridgehead atoms. The first-order valence-corrected chi connectivity index (χ1v) is 7.94. The van der Waals surface area contributed by atoms with Gasteiger partial charge in [-0.2, -0.15) is 5.10 Å². The van der Waals surface area contributed by atoms with Crippen LogP contribution in [-0.2, 0) is 0 Å². The summed E-state index contributed by atoms with van der Waals surface area (Å²) in [4.78, 5) is 0. The standard InChI is InChI=1S/C16H16BrN3O2S/c1-10(14-9-11(17)3-8-15(14)21)19-20-16(23)18-12-4-6-13(22-2)7-5-12/h3-9,21H,1-2H3,(H2,18,20,23)/b19-10+. The van der Waals surface area contributed by atoms with Gasteiger partial charge in [0.25, 0.3) is 0 Å². The van der Waals surface area contributed by atoms with E-state index < -0.39 is 0 Å². The van der Waals surface area contributed by atoms with E-state index in [0.29, 0.717) is 16.4 Å². The quantitative estimate of drug-likeness (QED) is 0.417. The van der Waals surface area contributed by atoms with Crippen LogP contribution in [0.15, 0.2) is 52.0 Å². The summed E-state index contributed by atoms with van der Waals surface area (Å²) in [6.45, 7) is 1.78. The Morgan fingerprint density at radius 3 is 2.57 bits per heavy atom. The summed E-state index contributed by atoms with van der Waals surface area (Å²) in [5.74, 6) is 0.929. The monoisotopic (exact) mass is 393 g/mol. The van der Waals surface area contributed by atoms with Crippen LogP contribution < -0.4 is 15.5 Å². The average molecular weight is 394 g/mol. The Balaban J connectivity index is 2.00. The molecule has 2 aromatic rings. The van der Waals surface area contributed by atoms with Gasteiger partial charge in [-0.25, -0.2) is 0 Å². The van der Waals surface area contributed by atoms with E-state index in [1.54, 1.807) is 32.2 Å². The van der Waals surface area contributed by atoms with E-state index in [-0.39, 0.29) is 5.75 Å². The summed E-state index contributed by atoms with van der Waals surface area (Å²) in [6.07, 6.45) is 0. The number of anilines is 1. The van der Waals surface area contributed by atoms with E-state index in [9.17, 15) is 5.11 Å². The van der Waals surface area contributed by atoms with Crippen LogP contribution in [-0.4, -0.2) is 23.0 Å². The summed E-state index contributed by atoms with van der Waals surface area (Å²) in [6, 6.07) is 12.5. The van der Waals surface area contributed by atoms with Crippen LogP contribution in [0.4, 0.5) is 5.69 Å². The number of phenolic OH excluding ortho intramolecular Hbond substituents is 1. The van der Waals surface area contributed by atoms with Crippen molar-refractivity contribution >= 4 is 44.7 Å². The second kappa shape index (κ2) is 7.94. The Morgan fingerprint density at radius 1 is 1.22 bits per heavy atom. The van der Waals surface area contributed by atoms with Crippen molar-refractivity contribution in [3.8, 4) is 11.5 Å². The van der Waals surface area contributed by atoms with Crippen molar-refractivity contribution in [2.24, 2.45) is 5.10 Å². The van der Waals surface area contributed by atoms with E-state index in [0.717, 1.165) is 15.9 Å². The number of phenols is 1. The van der Waals surface area contributed by atoms with Crippen molar-refractivity contribution in [1.82, 2.24) is 5.43 Å². The Hall–Kier alpha value is -2.12. The number of halogens is 1. The van der Waals surface area contributed by atoms with Gasteiger partial charge in [0.1, 0.15) is 11.5 Å². The summed E-state index contributed by atoms with van der Waals surface area (Å²) in [7, 11) is 1.61. The zero-order chi connectivity index (χ0) is 16.8. The molecule has 23 heavy (non-hydrogen) atoms. The molecule has 0 radical (unpaired) electrons. The number of hydrogen-bond acceptors (Lipinski definition) is 4. The van der Waals surface area contributed by atoms with Gasteiger partial charge in [-0.15, -0.1) is 0 Å². The highest BCUT2D eigenvalue weighted by Crippen LogP contribution is 2.22. The Labute approximate surface area is 148 Å². The molecule has 0 aromatic heterocycles. The molecule has 0 aliphatic heterocycles. The molecule has 0 aliphatic rings. The van der Waals surface area contributed by atoms with Gasteiger partial charge >= 0.3 is 0 Å². The van der Waals surface area contributed by atoms with Gasteiger partial charge in [-0.3, -0.25) is 5.43 Å². The summed E-state index contributed by atoms with van der Waals surface area (Å²) in [5, 5.41) is 17.4. The smallest absolute Gasteiger partial charge is 0.191 e. The molecule has 5 nitrogen and oxygen atoms in total. The normalized spacial score (nSPS) is 11.0. The van der Waals surface area contributed by atoms with Gasteiger partial charge in [0.15, 0.2) is 5.11 Å². The number of hydrazone groups is 1. The van der Waals surface area contributed by atoms with Crippen LogP contribution in [0.2, 0.25) is 0 Å². The van der Waals surface area contributed by atoms with Gasteiger partial charge in [0.2, 0.25) is 0 Å². The number of aromatic hydroxyl groups is 1. The van der Waals surface area contributed by atoms with E-state index in [4.69, 9.17) is 17.0 Å². The number of thiocarbonyl (C=S) groups is 1. The molecule has 2 aromatic carbocycles. The van der Waals surface area contributed by atoms with Gasteiger partial charge in [0, 0.05) is 15.7 Å². The average Bonchev–Trinajstić information content (AvgIpc) is 2.55. The van der Waals surface area contributed by atoms with Crippen molar-refractivity contribution in [3.63, 3.8) is 0 Å². The molecule has 0 saturated heterocycles. The van der Waals surface area contributed by atoms with E-state index in [1.807, 2.05) is 24.3 Å². The van der Waals surface area contributed by atoms with Crippen LogP contribution in [0.1, 0.15) is 12.5 Å². The van der Waals surface area contributed by atoms with Crippen molar-refractivity contribution in [2.75, 3.05) is 12.4 Å². The van der Waals surface area contributed by atoms with Crippen LogP contribution in [0, 0.1) is 0 Å². The fourth-order valence-electron chi connectivity index (χ4n) is 1.83. The minimum absolute atomic E-state index is 0.158. The van der Waals surface area contributed by atoms with Crippen LogP contribution in [0.3, 0.4) is 0 Å². The molecule has 0 saturated carbocycles. The third-order valence-corrected chi connectivity index (χ3v) is 3.71. The third kappa shape index (κ3) is 4.94. The molecular formula is C16H16BrN3O2S. The number of ether oxygens (including phenoxy) is 1. The Bertz CT molecular complexity index is 733. The molecule has 2 rings (SSSR count). The Morgan fingerprint density at radius 2 is 1.91 bits per heavy atom. The van der Waals surface area contributed by atoms with E-state index in [1.165, 1.54) is 0 Å². The maximum Gasteiger partial charge on any atom is 0.191 e. The van der Waals surface area contributed by atoms with Gasteiger partial charge in [0.05, 0.1) is 12.8 Å². The van der Waals surface area contributed by atoms with Crippen LogP contribution in [0.5, 0.6) is 11.5 Å². The minimum atomic E-state index is 0.158. The first-order valence-electron chi connectivity index (χ1n) is 6.74. The molecule has 0 amide bonds. The van der Waals surface area contributed by atoms with Crippen LogP contribution >= 0.6 is 28.1 Å². The lowest BCUT2D eigenvalue weighted by Gasteiger charge is -2.09. The first kappa shape index (κ1) is 17.2. The predicted molar refractivity (Wildman–Crippen MR) is 100 cm³/mol. The number of hydrogen-bond donors (Lipinski definition) is 3. The van der Waals surface area contributed by atoms with Gasteiger partial charge in [-0.1, -0.05) is 15.9 Å². The fraction of sp³-hybridized carbons (Fsp3) is 0.125. The minimum Gasteiger partial charge on any atom is -0.507 e. The lowest BCUT2D eigenvalue weighted by Crippen LogP contribution is -2.24. The SMILES string of the molecule is COc1ccc(NC(=S)N/N=C(\C)c2cc(Br)ccc2O)cc1. The topological polar surface area (TPSA) is 65.9 Å². The molecule has 0 fully saturated rings. The zero-order valence-corrected chi connectivity index (χ0v) is 15.0. The van der Waals surface area contributed by atoms with E-state index >= 15 is 0 Å². The number of nitrogens with one attached hydrogen (secondary N) is 2. The number of methoxy groups -OCH3 is 1. The molecule has 0 unspecified atom stereocenters. The third-order valence-electron chi connectivity index (χ3n) is 3.02. The van der Waals surface area contributed by atoms with Gasteiger partial charge < -0.3 is 15.2 Å². The number of benzene rings is 2. The zero-order valence-electron chi connectivity index (χ0n) is 12.6. The van der Waals surface area contributed by atoms with Gasteiger partial charge in [-0.05, 0) is 61.6 Å². The fourth-order valence-corrected chi connectivity index (χ4v) is 2.35. The van der Waals surface area contributed by atoms with Crippen molar-refractivity contribution in [3.05, 3.63) is 52.5 Å². The molecule has 0 aliphatic carbocycles. The molecule has 0 atom stereocenters. The molecule has 7 heteroatoms. The summed E-state index contributed by atoms with van der Waals surface area (Å²) in [5.41, 5.74) is 4.81. The first-order chi connectivity index (χ1) is 11.0. The second-order valence-electron chi connectivity index (χ2n) is 4.65. The van der Waals surface area contributed by atoms with Crippen molar-refractivity contribution in [1.29, 1.82) is 0 Å². The van der Waals surface area contributed by atoms with Crippen LogP contribution in [0.25, 0.3) is 0 Å². The number of nitrogens with zero attached hydrogens (tertiary/aromatic N) is 1. The lowest BCUT2D eigenvalue weighted by molar-refractivity contribution is 0.415. The highest BCUT2D eigenvalue weighted by molar-refractivity contribution is 9.10. The second-order valence-corrected chi connectivity index (χ2v) is 5.98. The van der Waals surface area contributed by atoms with Crippen molar-refractivity contribution in [2.45, 2.75) is 6.92 Å². The van der Waals surface area contributed by atoms with E-state index in [2.05, 4.69) is 31.8 Å². The molecule has 0 spiro atoms. The molecule has 3 N–H and O–H groups in total. The lowest BCUT2D eigenvalue weighted by atomic mass is 10.1. The largest absolute Gasteiger partial charge is 0.507 e. The summed E-state index contributed by atoms with van der Waals surface area (Å²) >= 11 is 8.56. The number of rotatable bonds is 4. The highest BCUT2D eigenvalue weighted by atomic mass is 79.9. The summed E-state index contributed by atoms with van der Waals surface area (Å²) < 4.78 is 5.96. The molecular weight excluding hydrogens is 378 g/mol. The van der Waals surface area contributed by atoms with Crippen molar-refractivity contribution < 1.29 is 9.84 Å². The highest BCUT2D eigenvalue weighted by Gasteiger charge is 2.06.